The first-order valence-corrected chi connectivity index (χ1v) is 8.89. The number of carbonyl (C=O) groups is 4. The molecule has 1 aliphatic rings. The number of halogens is 1. The minimum Gasteiger partial charge on any atom is -0.325 e. The summed E-state index contributed by atoms with van der Waals surface area (Å²) < 4.78 is 0. The topological polar surface area (TPSA) is 95.6 Å². The fourth-order valence-corrected chi connectivity index (χ4v) is 3.08. The zero-order valence-corrected chi connectivity index (χ0v) is 16.0. The summed E-state index contributed by atoms with van der Waals surface area (Å²) in [4.78, 5) is 49.6. The van der Waals surface area contributed by atoms with Gasteiger partial charge in [-0.25, -0.2) is 4.79 Å². The molecule has 1 aliphatic heterocycles. The number of benzene rings is 2. The van der Waals surface area contributed by atoms with Gasteiger partial charge < -0.3 is 10.6 Å². The molecule has 28 heavy (non-hydrogen) atoms. The van der Waals surface area contributed by atoms with Crippen LogP contribution in [0.5, 0.6) is 0 Å². The van der Waals surface area contributed by atoms with Crippen molar-refractivity contribution in [2.24, 2.45) is 0 Å². The van der Waals surface area contributed by atoms with E-state index < -0.39 is 29.9 Å². The van der Waals surface area contributed by atoms with Gasteiger partial charge in [0.25, 0.3) is 5.91 Å². The van der Waals surface area contributed by atoms with Crippen molar-refractivity contribution in [3.63, 3.8) is 0 Å². The first-order chi connectivity index (χ1) is 13.2. The van der Waals surface area contributed by atoms with Gasteiger partial charge >= 0.3 is 6.03 Å². The molecule has 0 bridgehead atoms. The lowest BCUT2D eigenvalue weighted by atomic mass is 9.92. The third-order valence-corrected chi connectivity index (χ3v) is 4.83. The van der Waals surface area contributed by atoms with Crippen LogP contribution in [-0.2, 0) is 15.1 Å². The van der Waals surface area contributed by atoms with E-state index in [1.807, 2.05) is 0 Å². The van der Waals surface area contributed by atoms with Crippen molar-refractivity contribution in [2.45, 2.75) is 19.4 Å². The molecule has 2 N–H and O–H groups in total. The Morgan fingerprint density at radius 2 is 1.68 bits per heavy atom. The van der Waals surface area contributed by atoms with E-state index in [1.54, 1.807) is 55.5 Å². The zero-order valence-electron chi connectivity index (χ0n) is 15.3. The van der Waals surface area contributed by atoms with Crippen LogP contribution in [0.25, 0.3) is 0 Å². The van der Waals surface area contributed by atoms with Gasteiger partial charge in [0.1, 0.15) is 12.1 Å². The number of imide groups is 1. The molecule has 7 nitrogen and oxygen atoms in total. The van der Waals surface area contributed by atoms with Gasteiger partial charge in [0, 0.05) is 16.3 Å². The van der Waals surface area contributed by atoms with Crippen molar-refractivity contribution in [3.8, 4) is 0 Å². The number of Topliss-reactive ketones (excluding diaryl/α,β-unsaturated/α-hetero) is 1. The van der Waals surface area contributed by atoms with Crippen molar-refractivity contribution in [1.29, 1.82) is 0 Å². The molecule has 3 rings (SSSR count). The molecule has 2 aromatic carbocycles. The Hall–Kier alpha value is -3.19. The first-order valence-electron chi connectivity index (χ1n) is 8.52. The Kier molecular flexibility index (Phi) is 5.20. The van der Waals surface area contributed by atoms with E-state index >= 15 is 0 Å². The molecule has 0 radical (unpaired) electrons. The predicted octanol–water partition coefficient (Wildman–Crippen LogP) is 2.95. The molecular formula is C20H18ClN3O4. The number of amides is 4. The summed E-state index contributed by atoms with van der Waals surface area (Å²) in [7, 11) is 0. The number of rotatable bonds is 5. The highest BCUT2D eigenvalue weighted by Gasteiger charge is 2.49. The van der Waals surface area contributed by atoms with Crippen LogP contribution in [0, 0.1) is 0 Å². The van der Waals surface area contributed by atoms with Crippen LogP contribution < -0.4 is 10.6 Å². The highest BCUT2D eigenvalue weighted by molar-refractivity contribution is 6.30. The number of nitrogens with one attached hydrogen (secondary N) is 2. The number of hydrogen-bond acceptors (Lipinski definition) is 4. The summed E-state index contributed by atoms with van der Waals surface area (Å²) in [6.07, 6.45) is 0. The van der Waals surface area contributed by atoms with Gasteiger partial charge in [0.2, 0.25) is 5.91 Å². The average Bonchev–Trinajstić information content (AvgIpc) is 2.86. The highest BCUT2D eigenvalue weighted by atomic mass is 35.5. The predicted molar refractivity (Wildman–Crippen MR) is 104 cm³/mol. The fraction of sp³-hybridized carbons (Fsp3) is 0.200. The first kappa shape index (κ1) is 19.6. The molecule has 144 valence electrons. The lowest BCUT2D eigenvalue weighted by Crippen LogP contribution is -2.42. The van der Waals surface area contributed by atoms with Crippen molar-refractivity contribution >= 4 is 40.9 Å². The quantitative estimate of drug-likeness (QED) is 0.596. The Balaban J connectivity index is 1.70. The monoisotopic (exact) mass is 399 g/mol. The zero-order chi connectivity index (χ0) is 20.5. The maximum absolute atomic E-state index is 12.8. The molecule has 0 unspecified atom stereocenters. The standard InChI is InChI=1S/C20H18ClN3O4/c1-12(25)13-3-9-16(10-4-13)22-17(26)11-24-18(27)20(2,23-19(24)28)14-5-7-15(21)8-6-14/h3-10H,11H2,1-2H3,(H,22,26)(H,23,28)/t20-/m1/s1. The third-order valence-electron chi connectivity index (χ3n) is 4.57. The molecule has 1 saturated heterocycles. The van der Waals surface area contributed by atoms with Crippen LogP contribution in [0.4, 0.5) is 10.5 Å². The molecular weight excluding hydrogens is 382 g/mol. The molecule has 4 amide bonds. The van der Waals surface area contributed by atoms with Crippen molar-refractivity contribution < 1.29 is 19.2 Å². The van der Waals surface area contributed by atoms with Gasteiger partial charge in [-0.2, -0.15) is 0 Å². The summed E-state index contributed by atoms with van der Waals surface area (Å²) in [6, 6.07) is 12.2. The Labute approximate surface area is 166 Å². The van der Waals surface area contributed by atoms with Crippen molar-refractivity contribution in [1.82, 2.24) is 10.2 Å². The molecule has 0 aliphatic carbocycles. The Bertz CT molecular complexity index is 956. The van der Waals surface area contributed by atoms with Crippen molar-refractivity contribution in [2.75, 3.05) is 11.9 Å². The highest BCUT2D eigenvalue weighted by Crippen LogP contribution is 2.29. The number of ketones is 1. The summed E-state index contributed by atoms with van der Waals surface area (Å²) >= 11 is 5.88. The van der Waals surface area contributed by atoms with Crippen LogP contribution in [0.2, 0.25) is 5.02 Å². The Morgan fingerprint density at radius 3 is 2.25 bits per heavy atom. The SMILES string of the molecule is CC(=O)c1ccc(NC(=O)CN2C(=O)N[C@](C)(c3ccc(Cl)cc3)C2=O)cc1. The average molecular weight is 400 g/mol. The normalized spacial score (nSPS) is 18.8. The molecule has 8 heteroatoms. The largest absolute Gasteiger partial charge is 0.325 e. The Morgan fingerprint density at radius 1 is 1.07 bits per heavy atom. The van der Waals surface area contributed by atoms with Gasteiger partial charge in [-0.05, 0) is 55.8 Å². The van der Waals surface area contributed by atoms with E-state index in [-0.39, 0.29) is 5.78 Å². The molecule has 1 atom stereocenters. The van der Waals surface area contributed by atoms with Crippen LogP contribution >= 0.6 is 11.6 Å². The second-order valence-corrected chi connectivity index (χ2v) is 7.07. The van der Waals surface area contributed by atoms with Crippen LogP contribution in [0.15, 0.2) is 48.5 Å². The summed E-state index contributed by atoms with van der Waals surface area (Å²) in [6.45, 7) is 2.60. The van der Waals surface area contributed by atoms with Gasteiger partial charge in [0.05, 0.1) is 0 Å². The molecule has 1 heterocycles. The summed E-state index contributed by atoms with van der Waals surface area (Å²) in [5, 5.41) is 5.75. The minimum absolute atomic E-state index is 0.0845. The smallest absolute Gasteiger partial charge is 0.325 e. The number of nitrogens with zero attached hydrogens (tertiary/aromatic N) is 1. The lowest BCUT2D eigenvalue weighted by molar-refractivity contribution is -0.133. The number of carbonyl (C=O) groups excluding carboxylic acids is 4. The second kappa shape index (κ2) is 7.44. The van der Waals surface area contributed by atoms with Gasteiger partial charge in [-0.1, -0.05) is 23.7 Å². The molecule has 1 fully saturated rings. The fourth-order valence-electron chi connectivity index (χ4n) is 2.95. The minimum atomic E-state index is -1.27. The van der Waals surface area contributed by atoms with Gasteiger partial charge in [-0.15, -0.1) is 0 Å². The van der Waals surface area contributed by atoms with Crippen LogP contribution in [-0.4, -0.2) is 35.1 Å². The summed E-state index contributed by atoms with van der Waals surface area (Å²) in [5.41, 5.74) is 0.275. The van der Waals surface area contributed by atoms with Crippen LogP contribution in [0.3, 0.4) is 0 Å². The van der Waals surface area contributed by atoms with E-state index in [9.17, 15) is 19.2 Å². The van der Waals surface area contributed by atoms with Crippen molar-refractivity contribution in [3.05, 3.63) is 64.7 Å². The van der Waals surface area contributed by atoms with E-state index in [2.05, 4.69) is 10.6 Å². The lowest BCUT2D eigenvalue weighted by Gasteiger charge is -2.22. The van der Waals surface area contributed by atoms with E-state index in [0.29, 0.717) is 21.8 Å². The van der Waals surface area contributed by atoms with Gasteiger partial charge in [0.15, 0.2) is 5.78 Å². The number of urea groups is 1. The van der Waals surface area contributed by atoms with E-state index in [4.69, 9.17) is 11.6 Å². The molecule has 2 aromatic rings. The maximum atomic E-state index is 12.8. The van der Waals surface area contributed by atoms with E-state index in [1.165, 1.54) is 6.92 Å². The second-order valence-electron chi connectivity index (χ2n) is 6.64. The summed E-state index contributed by atoms with van der Waals surface area (Å²) in [5.74, 6) is -1.14. The van der Waals surface area contributed by atoms with Gasteiger partial charge in [-0.3, -0.25) is 19.3 Å². The third kappa shape index (κ3) is 3.75. The maximum Gasteiger partial charge on any atom is 0.325 e. The van der Waals surface area contributed by atoms with Crippen LogP contribution in [0.1, 0.15) is 29.8 Å². The molecule has 0 spiro atoms. The van der Waals surface area contributed by atoms with E-state index in [0.717, 1.165) is 4.90 Å². The molecule has 0 saturated carbocycles. The number of anilines is 1. The molecule has 0 aromatic heterocycles. The number of hydrogen-bond donors (Lipinski definition) is 2.